The number of nitrogens with zero attached hydrogens (tertiary/aromatic N) is 3. The summed E-state index contributed by atoms with van der Waals surface area (Å²) in [6.45, 7) is -0.364. The Hall–Kier alpha value is -3.55. The maximum absolute atomic E-state index is 12.8. The number of para-hydroxylation sites is 1. The predicted molar refractivity (Wildman–Crippen MR) is 102 cm³/mol. The van der Waals surface area contributed by atoms with Crippen LogP contribution in [0.3, 0.4) is 0 Å². The molecule has 0 unspecified atom stereocenters. The third-order valence-corrected chi connectivity index (χ3v) is 4.30. The van der Waals surface area contributed by atoms with Crippen molar-refractivity contribution in [1.29, 1.82) is 0 Å². The summed E-state index contributed by atoms with van der Waals surface area (Å²) in [5, 5.41) is 14.4. The number of amides is 1. The van der Waals surface area contributed by atoms with E-state index >= 15 is 0 Å². The van der Waals surface area contributed by atoms with Gasteiger partial charge < -0.3 is 19.5 Å². The molecule has 0 saturated heterocycles. The number of aliphatic carboxylic acids is 1. The lowest BCUT2D eigenvalue weighted by Crippen LogP contribution is -2.37. The zero-order valence-electron chi connectivity index (χ0n) is 15.7. The summed E-state index contributed by atoms with van der Waals surface area (Å²) in [5.41, 5.74) is 1.52. The van der Waals surface area contributed by atoms with E-state index in [1.807, 2.05) is 24.3 Å². The van der Waals surface area contributed by atoms with Gasteiger partial charge in [0.2, 0.25) is 5.91 Å². The SMILES string of the molecule is COc1cc(CN(CC(=O)O)C(=O)Cn2ncc3ccccc32)cc(OC)c1. The summed E-state index contributed by atoms with van der Waals surface area (Å²) in [7, 11) is 3.06. The molecule has 0 aliphatic carbocycles. The molecule has 0 fully saturated rings. The van der Waals surface area contributed by atoms with E-state index in [9.17, 15) is 14.7 Å². The van der Waals surface area contributed by atoms with Crippen LogP contribution in [0.1, 0.15) is 5.56 Å². The number of methoxy groups -OCH3 is 2. The number of hydrogen-bond acceptors (Lipinski definition) is 5. The molecule has 0 aliphatic heterocycles. The van der Waals surface area contributed by atoms with Gasteiger partial charge in [0, 0.05) is 18.0 Å². The minimum Gasteiger partial charge on any atom is -0.497 e. The van der Waals surface area contributed by atoms with E-state index in [-0.39, 0.29) is 19.0 Å². The third-order valence-electron chi connectivity index (χ3n) is 4.30. The molecule has 1 heterocycles. The molecule has 0 atom stereocenters. The highest BCUT2D eigenvalue weighted by Gasteiger charge is 2.19. The number of carboxylic acid groups (broad SMARTS) is 1. The number of fused-ring (bicyclic) bond motifs is 1. The molecule has 0 saturated carbocycles. The van der Waals surface area contributed by atoms with E-state index < -0.39 is 12.5 Å². The summed E-state index contributed by atoms with van der Waals surface area (Å²) >= 11 is 0. The number of carboxylic acids is 1. The van der Waals surface area contributed by atoms with Crippen molar-refractivity contribution in [2.24, 2.45) is 0 Å². The van der Waals surface area contributed by atoms with E-state index in [1.165, 1.54) is 19.1 Å². The van der Waals surface area contributed by atoms with Crippen LogP contribution in [0, 0.1) is 0 Å². The Labute approximate surface area is 161 Å². The number of benzene rings is 2. The van der Waals surface area contributed by atoms with Crippen molar-refractivity contribution in [3.05, 3.63) is 54.2 Å². The summed E-state index contributed by atoms with van der Waals surface area (Å²) in [6, 6.07) is 12.7. The minimum absolute atomic E-state index is 0.0537. The zero-order valence-corrected chi connectivity index (χ0v) is 15.7. The monoisotopic (exact) mass is 383 g/mol. The number of ether oxygens (including phenoxy) is 2. The molecular formula is C20H21N3O5. The number of hydrogen-bond donors (Lipinski definition) is 1. The number of aromatic nitrogens is 2. The van der Waals surface area contributed by atoms with Crippen LogP contribution in [0.4, 0.5) is 0 Å². The molecule has 0 aliphatic rings. The van der Waals surface area contributed by atoms with Crippen LogP contribution in [-0.2, 0) is 22.7 Å². The zero-order chi connectivity index (χ0) is 20.1. The maximum atomic E-state index is 12.8. The topological polar surface area (TPSA) is 93.9 Å². The van der Waals surface area contributed by atoms with Crippen LogP contribution >= 0.6 is 0 Å². The lowest BCUT2D eigenvalue weighted by Gasteiger charge is -2.21. The molecule has 8 nitrogen and oxygen atoms in total. The number of rotatable bonds is 8. The fourth-order valence-electron chi connectivity index (χ4n) is 2.95. The summed E-state index contributed by atoms with van der Waals surface area (Å²) < 4.78 is 12.0. The first-order chi connectivity index (χ1) is 13.5. The van der Waals surface area contributed by atoms with Gasteiger partial charge in [-0.15, -0.1) is 0 Å². The van der Waals surface area contributed by atoms with Gasteiger partial charge in [0.1, 0.15) is 24.6 Å². The molecular weight excluding hydrogens is 362 g/mol. The molecule has 3 rings (SSSR count). The Kier molecular flexibility index (Phi) is 5.78. The van der Waals surface area contributed by atoms with Gasteiger partial charge in [-0.1, -0.05) is 18.2 Å². The first-order valence-corrected chi connectivity index (χ1v) is 8.62. The molecule has 1 aromatic heterocycles. The van der Waals surface area contributed by atoms with Gasteiger partial charge in [-0.25, -0.2) is 0 Å². The molecule has 146 valence electrons. The van der Waals surface area contributed by atoms with Crippen LogP contribution in [-0.4, -0.2) is 52.4 Å². The second kappa shape index (κ2) is 8.43. The first kappa shape index (κ1) is 19.2. The molecule has 28 heavy (non-hydrogen) atoms. The van der Waals surface area contributed by atoms with Gasteiger partial charge in [0.15, 0.2) is 0 Å². The fourth-order valence-corrected chi connectivity index (χ4v) is 2.95. The van der Waals surface area contributed by atoms with E-state index in [1.54, 1.807) is 29.1 Å². The Balaban J connectivity index is 1.83. The first-order valence-electron chi connectivity index (χ1n) is 8.62. The van der Waals surface area contributed by atoms with Crippen molar-refractivity contribution in [3.8, 4) is 11.5 Å². The lowest BCUT2D eigenvalue weighted by atomic mass is 10.2. The smallest absolute Gasteiger partial charge is 0.323 e. The molecule has 2 aromatic carbocycles. The minimum atomic E-state index is -1.09. The molecule has 0 bridgehead atoms. The molecule has 0 spiro atoms. The standard InChI is InChI=1S/C20H21N3O5/c1-27-16-7-14(8-17(9-16)28-2)11-22(13-20(25)26)19(24)12-23-18-6-4-3-5-15(18)10-21-23/h3-10H,11-13H2,1-2H3,(H,25,26). The largest absolute Gasteiger partial charge is 0.497 e. The van der Waals surface area contributed by atoms with E-state index in [0.29, 0.717) is 17.1 Å². The van der Waals surface area contributed by atoms with Crippen LogP contribution < -0.4 is 9.47 Å². The van der Waals surface area contributed by atoms with Crippen LogP contribution in [0.2, 0.25) is 0 Å². The van der Waals surface area contributed by atoms with E-state index in [0.717, 1.165) is 10.9 Å². The fraction of sp³-hybridized carbons (Fsp3) is 0.250. The average Bonchev–Trinajstić information content (AvgIpc) is 3.09. The van der Waals surface area contributed by atoms with Gasteiger partial charge in [0.05, 0.1) is 25.9 Å². The van der Waals surface area contributed by atoms with Crippen molar-refractivity contribution in [2.75, 3.05) is 20.8 Å². The quantitative estimate of drug-likeness (QED) is 0.641. The van der Waals surface area contributed by atoms with Crippen molar-refractivity contribution < 1.29 is 24.2 Å². The van der Waals surface area contributed by atoms with E-state index in [4.69, 9.17) is 9.47 Å². The predicted octanol–water partition coefficient (Wildman–Crippen LogP) is 2.17. The second-order valence-electron chi connectivity index (χ2n) is 6.23. The Bertz CT molecular complexity index is 976. The van der Waals surface area contributed by atoms with Crippen molar-refractivity contribution in [1.82, 2.24) is 14.7 Å². The normalized spacial score (nSPS) is 10.6. The van der Waals surface area contributed by atoms with Gasteiger partial charge in [-0.3, -0.25) is 14.3 Å². The second-order valence-corrected chi connectivity index (χ2v) is 6.23. The van der Waals surface area contributed by atoms with Gasteiger partial charge in [-0.2, -0.15) is 5.10 Å². The van der Waals surface area contributed by atoms with Gasteiger partial charge >= 0.3 is 5.97 Å². The molecule has 0 radical (unpaired) electrons. The summed E-state index contributed by atoms with van der Waals surface area (Å²) in [6.07, 6.45) is 1.68. The van der Waals surface area contributed by atoms with Crippen LogP contribution in [0.25, 0.3) is 10.9 Å². The Morgan fingerprint density at radius 2 is 1.79 bits per heavy atom. The average molecular weight is 383 g/mol. The van der Waals surface area contributed by atoms with Gasteiger partial charge in [-0.05, 0) is 23.8 Å². The summed E-state index contributed by atoms with van der Waals surface area (Å²) in [4.78, 5) is 25.4. The highest BCUT2D eigenvalue weighted by atomic mass is 16.5. The Morgan fingerprint density at radius 3 is 2.43 bits per heavy atom. The van der Waals surface area contributed by atoms with Crippen LogP contribution in [0.5, 0.6) is 11.5 Å². The molecule has 1 amide bonds. The van der Waals surface area contributed by atoms with Crippen molar-refractivity contribution in [2.45, 2.75) is 13.1 Å². The third kappa shape index (κ3) is 4.40. The molecule has 1 N–H and O–H groups in total. The van der Waals surface area contributed by atoms with Crippen molar-refractivity contribution in [3.63, 3.8) is 0 Å². The lowest BCUT2D eigenvalue weighted by molar-refractivity contribution is -0.145. The van der Waals surface area contributed by atoms with Gasteiger partial charge in [0.25, 0.3) is 0 Å². The highest BCUT2D eigenvalue weighted by molar-refractivity contribution is 5.84. The maximum Gasteiger partial charge on any atom is 0.323 e. The molecule has 8 heteroatoms. The number of carbonyl (C=O) groups is 2. The summed E-state index contributed by atoms with van der Waals surface area (Å²) in [5.74, 6) is -0.308. The van der Waals surface area contributed by atoms with E-state index in [2.05, 4.69) is 5.10 Å². The van der Waals surface area contributed by atoms with Crippen LogP contribution in [0.15, 0.2) is 48.7 Å². The van der Waals surface area contributed by atoms with Crippen molar-refractivity contribution >= 4 is 22.8 Å². The highest BCUT2D eigenvalue weighted by Crippen LogP contribution is 2.23. The molecule has 3 aromatic rings. The number of carbonyl (C=O) groups excluding carboxylic acids is 1. The Morgan fingerprint density at radius 1 is 1.11 bits per heavy atom.